The third-order valence-electron chi connectivity index (χ3n) is 12.3. The van der Waals surface area contributed by atoms with E-state index in [-0.39, 0.29) is 0 Å². The first-order valence-electron chi connectivity index (χ1n) is 21.4. The van der Waals surface area contributed by atoms with E-state index in [1.807, 2.05) is 30.3 Å². The van der Waals surface area contributed by atoms with Gasteiger partial charge in [0.2, 0.25) is 0 Å². The van der Waals surface area contributed by atoms with Crippen molar-refractivity contribution >= 4 is 60.7 Å². The highest BCUT2D eigenvalue weighted by molar-refractivity contribution is 6.06. The maximum Gasteiger partial charge on any atom is 0.135 e. The monoisotopic (exact) mass is 805 g/mol. The molecule has 0 aliphatic carbocycles. The van der Waals surface area contributed by atoms with Crippen LogP contribution in [-0.4, -0.2) is 0 Å². The Morgan fingerprint density at radius 1 is 0.238 bits per heavy atom. The minimum Gasteiger partial charge on any atom is -0.456 e. The highest BCUT2D eigenvalue weighted by Crippen LogP contribution is 2.39. The summed E-state index contributed by atoms with van der Waals surface area (Å²) < 4.78 is 12.3. The van der Waals surface area contributed by atoms with Gasteiger partial charge in [0, 0.05) is 38.8 Å². The molecule has 2 heterocycles. The van der Waals surface area contributed by atoms with Crippen molar-refractivity contribution in [2.24, 2.45) is 0 Å². The lowest BCUT2D eigenvalue weighted by Crippen LogP contribution is -2.09. The zero-order valence-electron chi connectivity index (χ0n) is 34.3. The number of nitrogens with zero attached hydrogens (tertiary/aromatic N) is 1. The molecule has 296 valence electrons. The molecule has 0 aliphatic heterocycles. The first kappa shape index (κ1) is 36.5. The molecule has 0 saturated carbocycles. The van der Waals surface area contributed by atoms with Gasteiger partial charge < -0.3 is 13.7 Å². The molecule has 0 spiro atoms. The van der Waals surface area contributed by atoms with Gasteiger partial charge in [0.15, 0.2) is 0 Å². The molecular weight excluding hydrogens is 767 g/mol. The Morgan fingerprint density at radius 2 is 0.651 bits per heavy atom. The SMILES string of the molecule is c1ccc2cc(-c3ccc(-c4ccc(N(c5ccc(-c6ccc(-c7ccc8oc9ccccc9c8c7)cc6)cc5)c5ccc(-c6cc7ccccc7o6)cc5)cc4)cc3)ccc2c1. The summed E-state index contributed by atoms with van der Waals surface area (Å²) in [7, 11) is 0. The van der Waals surface area contributed by atoms with E-state index in [9.17, 15) is 0 Å². The van der Waals surface area contributed by atoms with Gasteiger partial charge in [-0.05, 0) is 140 Å². The van der Waals surface area contributed by atoms with Crippen LogP contribution in [0.3, 0.4) is 0 Å². The Balaban J connectivity index is 0.844. The summed E-state index contributed by atoms with van der Waals surface area (Å²) in [6.45, 7) is 0. The standard InChI is InChI=1S/C60H39NO2/c1-2-8-48-37-49(22-21-40(48)7-1)45-17-13-41(14-18-45)43-23-30-52(31-24-43)61(54-34-27-47(28-35-54)60-39-51-9-3-5-11-57(51)62-60)53-32-25-44(26-33-53)42-15-19-46(20-16-42)50-29-36-59-56(38-50)55-10-4-6-12-58(55)63-59/h1-39H. The van der Waals surface area contributed by atoms with Crippen molar-refractivity contribution in [3.8, 4) is 55.8 Å². The predicted molar refractivity (Wildman–Crippen MR) is 263 cm³/mol. The topological polar surface area (TPSA) is 29.5 Å². The van der Waals surface area contributed by atoms with Gasteiger partial charge in [0.05, 0.1) is 0 Å². The first-order chi connectivity index (χ1) is 31.2. The highest BCUT2D eigenvalue weighted by Gasteiger charge is 2.16. The molecule has 63 heavy (non-hydrogen) atoms. The first-order valence-corrected chi connectivity index (χ1v) is 21.4. The number of hydrogen-bond acceptors (Lipinski definition) is 3. The molecule has 0 amide bonds. The van der Waals surface area contributed by atoms with E-state index < -0.39 is 0 Å². The number of anilines is 3. The van der Waals surface area contributed by atoms with E-state index in [4.69, 9.17) is 8.83 Å². The van der Waals surface area contributed by atoms with Crippen molar-refractivity contribution in [3.63, 3.8) is 0 Å². The average molecular weight is 806 g/mol. The molecule has 0 saturated heterocycles. The Labute approximate surface area is 365 Å². The lowest BCUT2D eigenvalue weighted by molar-refractivity contribution is 0.631. The molecule has 3 heteroatoms. The van der Waals surface area contributed by atoms with Crippen LogP contribution in [0.5, 0.6) is 0 Å². The van der Waals surface area contributed by atoms with Crippen LogP contribution < -0.4 is 4.90 Å². The van der Waals surface area contributed by atoms with E-state index >= 15 is 0 Å². The molecular formula is C60H39NO2. The molecule has 12 rings (SSSR count). The van der Waals surface area contributed by atoms with Crippen molar-refractivity contribution in [3.05, 3.63) is 237 Å². The Morgan fingerprint density at radius 3 is 1.24 bits per heavy atom. The predicted octanol–water partition coefficient (Wildman–Crippen LogP) is 17.3. The third kappa shape index (κ3) is 6.83. The molecule has 0 bridgehead atoms. The molecule has 0 fully saturated rings. The average Bonchev–Trinajstić information content (AvgIpc) is 3.97. The van der Waals surface area contributed by atoms with Crippen LogP contribution in [-0.2, 0) is 0 Å². The summed E-state index contributed by atoms with van der Waals surface area (Å²) in [5.74, 6) is 0.858. The number of furan rings is 2. The molecule has 10 aromatic carbocycles. The van der Waals surface area contributed by atoms with E-state index in [1.165, 1.54) is 44.2 Å². The molecule has 0 N–H and O–H groups in total. The lowest BCUT2D eigenvalue weighted by atomic mass is 9.98. The number of hydrogen-bond donors (Lipinski definition) is 0. The van der Waals surface area contributed by atoms with Crippen LogP contribution in [0.1, 0.15) is 0 Å². The van der Waals surface area contributed by atoms with E-state index in [1.54, 1.807) is 0 Å². The quantitative estimate of drug-likeness (QED) is 0.153. The van der Waals surface area contributed by atoms with Crippen LogP contribution in [0.4, 0.5) is 17.1 Å². The fraction of sp³-hybridized carbons (Fsp3) is 0. The summed E-state index contributed by atoms with van der Waals surface area (Å²) >= 11 is 0. The second kappa shape index (κ2) is 15.3. The van der Waals surface area contributed by atoms with Crippen molar-refractivity contribution in [2.45, 2.75) is 0 Å². The fourth-order valence-electron chi connectivity index (χ4n) is 8.94. The Kier molecular flexibility index (Phi) is 8.83. The summed E-state index contributed by atoms with van der Waals surface area (Å²) in [4.78, 5) is 2.32. The van der Waals surface area contributed by atoms with E-state index in [0.717, 1.165) is 72.4 Å². The Bertz CT molecular complexity index is 3550. The zero-order chi connectivity index (χ0) is 41.7. The molecule has 0 radical (unpaired) electrons. The van der Waals surface area contributed by atoms with Crippen molar-refractivity contribution in [1.29, 1.82) is 0 Å². The van der Waals surface area contributed by atoms with Crippen molar-refractivity contribution < 1.29 is 8.83 Å². The van der Waals surface area contributed by atoms with Gasteiger partial charge in [0.25, 0.3) is 0 Å². The molecule has 3 nitrogen and oxygen atoms in total. The van der Waals surface area contributed by atoms with Gasteiger partial charge in [-0.1, -0.05) is 152 Å². The van der Waals surface area contributed by atoms with Crippen LogP contribution >= 0.6 is 0 Å². The summed E-state index contributed by atoms with van der Waals surface area (Å²) in [6, 6.07) is 84.3. The second-order valence-corrected chi connectivity index (χ2v) is 16.2. The molecule has 0 aliphatic rings. The normalized spacial score (nSPS) is 11.5. The van der Waals surface area contributed by atoms with Gasteiger partial charge in [0.1, 0.15) is 22.5 Å². The number of fused-ring (bicyclic) bond motifs is 5. The third-order valence-corrected chi connectivity index (χ3v) is 12.3. The minimum atomic E-state index is 0.858. The maximum absolute atomic E-state index is 6.23. The van der Waals surface area contributed by atoms with Crippen molar-refractivity contribution in [1.82, 2.24) is 0 Å². The van der Waals surface area contributed by atoms with Gasteiger partial charge in [-0.15, -0.1) is 0 Å². The largest absolute Gasteiger partial charge is 0.456 e. The number of rotatable bonds is 8. The van der Waals surface area contributed by atoms with Crippen molar-refractivity contribution in [2.75, 3.05) is 4.90 Å². The van der Waals surface area contributed by atoms with E-state index in [0.29, 0.717) is 0 Å². The smallest absolute Gasteiger partial charge is 0.135 e. The molecule has 2 aromatic heterocycles. The summed E-state index contributed by atoms with van der Waals surface area (Å²) in [6.07, 6.45) is 0. The second-order valence-electron chi connectivity index (χ2n) is 16.2. The minimum absolute atomic E-state index is 0.858. The summed E-state index contributed by atoms with van der Waals surface area (Å²) in [5, 5.41) is 5.88. The van der Waals surface area contributed by atoms with E-state index in [2.05, 4.69) is 211 Å². The van der Waals surface area contributed by atoms with Crippen LogP contribution in [0, 0.1) is 0 Å². The van der Waals surface area contributed by atoms with Crippen LogP contribution in [0.25, 0.3) is 99.5 Å². The number of benzene rings is 10. The van der Waals surface area contributed by atoms with Crippen LogP contribution in [0.2, 0.25) is 0 Å². The number of para-hydroxylation sites is 2. The fourth-order valence-corrected chi connectivity index (χ4v) is 8.94. The van der Waals surface area contributed by atoms with Gasteiger partial charge in [-0.2, -0.15) is 0 Å². The maximum atomic E-state index is 6.23. The molecule has 0 unspecified atom stereocenters. The van der Waals surface area contributed by atoms with Gasteiger partial charge in [-0.3, -0.25) is 0 Å². The van der Waals surface area contributed by atoms with Crippen LogP contribution in [0.15, 0.2) is 245 Å². The Hall–Kier alpha value is -8.40. The molecule has 12 aromatic rings. The lowest BCUT2D eigenvalue weighted by Gasteiger charge is -2.26. The van der Waals surface area contributed by atoms with Gasteiger partial charge in [-0.25, -0.2) is 0 Å². The van der Waals surface area contributed by atoms with Gasteiger partial charge >= 0.3 is 0 Å². The zero-order valence-corrected chi connectivity index (χ0v) is 34.3. The molecule has 0 atom stereocenters. The summed E-state index contributed by atoms with van der Waals surface area (Å²) in [5.41, 5.74) is 16.4. The highest BCUT2D eigenvalue weighted by atomic mass is 16.3.